The topological polar surface area (TPSA) is 136 Å². The molecule has 12 nitrogen and oxygen atoms in total. The molecule has 194 valence electrons. The van der Waals surface area contributed by atoms with E-state index in [2.05, 4.69) is 35.3 Å². The maximum absolute atomic E-state index is 12.5. The normalized spacial score (nSPS) is 13.2. The highest BCUT2D eigenvalue weighted by Gasteiger charge is 2.18. The number of benzene rings is 2. The van der Waals surface area contributed by atoms with Gasteiger partial charge in [0.2, 0.25) is 5.95 Å². The van der Waals surface area contributed by atoms with Crippen molar-refractivity contribution in [1.29, 1.82) is 0 Å². The van der Waals surface area contributed by atoms with Crippen molar-refractivity contribution in [1.82, 2.24) is 24.7 Å². The van der Waals surface area contributed by atoms with Crippen molar-refractivity contribution in [2.24, 2.45) is 0 Å². The average Bonchev–Trinajstić information content (AvgIpc) is 3.40. The number of esters is 1. The molecular weight excluding hydrogens is 488 g/mol. The fourth-order valence-corrected chi connectivity index (χ4v) is 3.82. The van der Waals surface area contributed by atoms with Gasteiger partial charge in [0.1, 0.15) is 0 Å². The molecule has 0 unspecified atom stereocenters. The number of amides is 2. The number of anilines is 3. The number of aryl methyl sites for hydroxylation is 1. The molecule has 12 heteroatoms. The Labute approximate surface area is 218 Å². The Morgan fingerprint density at radius 3 is 2.11 bits per heavy atom. The maximum atomic E-state index is 12.5. The molecule has 2 aromatic heterocycles. The Morgan fingerprint density at radius 1 is 0.868 bits per heavy atom. The van der Waals surface area contributed by atoms with Crippen molar-refractivity contribution in [3.8, 4) is 17.3 Å². The molecule has 2 N–H and O–H groups in total. The lowest BCUT2D eigenvalue weighted by Gasteiger charge is -2.27. The summed E-state index contributed by atoms with van der Waals surface area (Å²) in [7, 11) is 1.32. The van der Waals surface area contributed by atoms with E-state index in [1.807, 2.05) is 31.3 Å². The van der Waals surface area contributed by atoms with Crippen LogP contribution in [0.5, 0.6) is 0 Å². The van der Waals surface area contributed by atoms with Crippen molar-refractivity contribution >= 4 is 29.3 Å². The Balaban J connectivity index is 1.32. The lowest BCUT2D eigenvalue weighted by molar-refractivity contribution is 0.0600. The van der Waals surface area contributed by atoms with Gasteiger partial charge in [0.05, 0.1) is 31.6 Å². The number of morpholine rings is 1. The summed E-state index contributed by atoms with van der Waals surface area (Å²) in [5, 5.41) is 9.97. The van der Waals surface area contributed by atoms with E-state index < -0.39 is 12.0 Å². The van der Waals surface area contributed by atoms with E-state index in [9.17, 15) is 9.59 Å². The van der Waals surface area contributed by atoms with Crippen LogP contribution in [0.4, 0.5) is 22.1 Å². The number of urea groups is 1. The summed E-state index contributed by atoms with van der Waals surface area (Å²) in [5.74, 6) is 1.03. The van der Waals surface area contributed by atoms with Crippen LogP contribution in [0.1, 0.15) is 16.1 Å². The molecule has 2 amide bonds. The van der Waals surface area contributed by atoms with Gasteiger partial charge in [-0.25, -0.2) is 14.3 Å². The lowest BCUT2D eigenvalue weighted by Crippen LogP contribution is -2.37. The van der Waals surface area contributed by atoms with Crippen molar-refractivity contribution in [3.63, 3.8) is 0 Å². The Bertz CT molecular complexity index is 1430. The van der Waals surface area contributed by atoms with Gasteiger partial charge in [0.25, 0.3) is 5.95 Å². The van der Waals surface area contributed by atoms with Crippen LogP contribution in [-0.4, -0.2) is 70.1 Å². The molecule has 38 heavy (non-hydrogen) atoms. The Kier molecular flexibility index (Phi) is 7.22. The zero-order valence-corrected chi connectivity index (χ0v) is 20.9. The SMILES string of the molecule is COC(=O)c1ccc(NC(=O)Nc2ccc(-c3nc(N4CCOCC4)nc(-n4ccc(C)n4)n3)cc2)cc1. The van der Waals surface area contributed by atoms with Gasteiger partial charge in [-0.2, -0.15) is 20.1 Å². The summed E-state index contributed by atoms with van der Waals surface area (Å²) in [6.07, 6.45) is 1.81. The average molecular weight is 515 g/mol. The second kappa shape index (κ2) is 11.0. The van der Waals surface area contributed by atoms with E-state index in [4.69, 9.17) is 9.72 Å². The maximum Gasteiger partial charge on any atom is 0.337 e. The van der Waals surface area contributed by atoms with Gasteiger partial charge in [-0.15, -0.1) is 0 Å². The minimum absolute atomic E-state index is 0.398. The number of nitrogens with one attached hydrogen (secondary N) is 2. The molecular formula is C26H26N8O4. The quantitative estimate of drug-likeness (QED) is 0.371. The van der Waals surface area contributed by atoms with Gasteiger partial charge in [-0.1, -0.05) is 0 Å². The monoisotopic (exact) mass is 514 g/mol. The Morgan fingerprint density at radius 2 is 1.50 bits per heavy atom. The van der Waals surface area contributed by atoms with Crippen molar-refractivity contribution < 1.29 is 19.1 Å². The van der Waals surface area contributed by atoms with E-state index in [0.29, 0.717) is 61.0 Å². The molecule has 0 atom stereocenters. The summed E-state index contributed by atoms with van der Waals surface area (Å²) >= 11 is 0. The zero-order valence-electron chi connectivity index (χ0n) is 20.9. The van der Waals surface area contributed by atoms with E-state index in [1.54, 1.807) is 41.1 Å². The van der Waals surface area contributed by atoms with Gasteiger partial charge in [-0.3, -0.25) is 0 Å². The zero-order chi connectivity index (χ0) is 26.5. The van der Waals surface area contributed by atoms with Crippen LogP contribution in [0, 0.1) is 6.92 Å². The molecule has 3 heterocycles. The fraction of sp³-hybridized carbons (Fsp3) is 0.231. The summed E-state index contributed by atoms with van der Waals surface area (Å²) in [6.45, 7) is 4.49. The first-order chi connectivity index (χ1) is 18.5. The number of carbonyl (C=O) groups excluding carboxylic acids is 2. The molecule has 5 rings (SSSR count). The van der Waals surface area contributed by atoms with Crippen LogP contribution in [0.25, 0.3) is 17.3 Å². The summed E-state index contributed by atoms with van der Waals surface area (Å²) < 4.78 is 11.8. The smallest absolute Gasteiger partial charge is 0.337 e. The highest BCUT2D eigenvalue weighted by Crippen LogP contribution is 2.22. The van der Waals surface area contributed by atoms with Crippen LogP contribution >= 0.6 is 0 Å². The highest BCUT2D eigenvalue weighted by atomic mass is 16.5. The summed E-state index contributed by atoms with van der Waals surface area (Å²) in [5.41, 5.74) is 3.14. The highest BCUT2D eigenvalue weighted by molar-refractivity contribution is 6.00. The number of aromatic nitrogens is 5. The molecule has 1 aliphatic rings. The van der Waals surface area contributed by atoms with E-state index in [0.717, 1.165) is 11.3 Å². The minimum atomic E-state index is -0.441. The number of carbonyl (C=O) groups is 2. The second-order valence-electron chi connectivity index (χ2n) is 8.49. The predicted octanol–water partition coefficient (Wildman–Crippen LogP) is 3.30. The van der Waals surface area contributed by atoms with Gasteiger partial charge in [-0.05, 0) is 61.5 Å². The molecule has 0 radical (unpaired) electrons. The van der Waals surface area contributed by atoms with Crippen LogP contribution in [0.3, 0.4) is 0 Å². The number of rotatable bonds is 6. The molecule has 1 aliphatic heterocycles. The van der Waals surface area contributed by atoms with E-state index >= 15 is 0 Å². The molecule has 2 aromatic carbocycles. The van der Waals surface area contributed by atoms with Gasteiger partial charge in [0.15, 0.2) is 5.82 Å². The standard InChI is InChI=1S/C26H26N8O4/c1-17-11-12-34(32-17)25-30-22(29-24(31-25)33-13-15-38-16-14-33)18-3-7-20(8-4-18)27-26(36)28-21-9-5-19(6-10-21)23(35)37-2/h3-12H,13-16H2,1-2H3,(H2,27,28,36). The third-order valence-electron chi connectivity index (χ3n) is 5.80. The number of hydrogen-bond donors (Lipinski definition) is 2. The first kappa shape index (κ1) is 24.8. The van der Waals surface area contributed by atoms with E-state index in [-0.39, 0.29) is 0 Å². The molecule has 0 saturated carbocycles. The number of ether oxygens (including phenoxy) is 2. The lowest BCUT2D eigenvalue weighted by atomic mass is 10.2. The van der Waals surface area contributed by atoms with Crippen molar-refractivity contribution in [2.45, 2.75) is 6.92 Å². The van der Waals surface area contributed by atoms with Crippen molar-refractivity contribution in [2.75, 3.05) is 48.9 Å². The number of methoxy groups -OCH3 is 1. The van der Waals surface area contributed by atoms with Crippen LogP contribution < -0.4 is 15.5 Å². The minimum Gasteiger partial charge on any atom is -0.465 e. The third-order valence-corrected chi connectivity index (χ3v) is 5.80. The number of nitrogens with zero attached hydrogens (tertiary/aromatic N) is 6. The van der Waals surface area contributed by atoms with Crippen molar-refractivity contribution in [3.05, 3.63) is 72.1 Å². The first-order valence-corrected chi connectivity index (χ1v) is 12.0. The van der Waals surface area contributed by atoms with Crippen LogP contribution in [0.15, 0.2) is 60.8 Å². The number of hydrogen-bond acceptors (Lipinski definition) is 9. The molecule has 1 saturated heterocycles. The van der Waals surface area contributed by atoms with E-state index in [1.165, 1.54) is 7.11 Å². The van der Waals surface area contributed by atoms with Gasteiger partial charge < -0.3 is 25.0 Å². The summed E-state index contributed by atoms with van der Waals surface area (Å²) in [6, 6.07) is 15.1. The van der Waals surface area contributed by atoms with Gasteiger partial charge in [0, 0.05) is 36.2 Å². The third kappa shape index (κ3) is 5.76. The molecule has 0 bridgehead atoms. The second-order valence-corrected chi connectivity index (χ2v) is 8.49. The van der Waals surface area contributed by atoms with Crippen LogP contribution in [-0.2, 0) is 9.47 Å². The Hall–Kier alpha value is -4.84. The molecule has 0 aliphatic carbocycles. The molecule has 0 spiro atoms. The van der Waals surface area contributed by atoms with Crippen LogP contribution in [0.2, 0.25) is 0 Å². The molecule has 1 fully saturated rings. The molecule has 4 aromatic rings. The fourth-order valence-electron chi connectivity index (χ4n) is 3.82. The predicted molar refractivity (Wildman–Crippen MR) is 141 cm³/mol. The summed E-state index contributed by atoms with van der Waals surface area (Å²) in [4.78, 5) is 40.1. The first-order valence-electron chi connectivity index (χ1n) is 12.0. The van der Waals surface area contributed by atoms with Gasteiger partial charge >= 0.3 is 12.0 Å². The largest absolute Gasteiger partial charge is 0.465 e.